The maximum atomic E-state index is 12.3. The number of thiazole rings is 1. The second-order valence-corrected chi connectivity index (χ2v) is 6.25. The zero-order valence-electron chi connectivity index (χ0n) is 13.2. The van der Waals surface area contributed by atoms with Crippen LogP contribution in [0.25, 0.3) is 10.2 Å². The average molecular weight is 382 g/mol. The van der Waals surface area contributed by atoms with Gasteiger partial charge in [0.25, 0.3) is 5.91 Å². The quantitative estimate of drug-likeness (QED) is 0.689. The summed E-state index contributed by atoms with van der Waals surface area (Å²) >= 11 is 1.05. The van der Waals surface area contributed by atoms with Gasteiger partial charge < -0.3 is 9.47 Å². The fourth-order valence-electron chi connectivity index (χ4n) is 2.15. The minimum atomic E-state index is -4.76. The fraction of sp³-hybridized carbons (Fsp3) is 0.176. The topological polar surface area (TPSA) is 60.5 Å². The van der Waals surface area contributed by atoms with Gasteiger partial charge >= 0.3 is 6.36 Å². The number of amides is 1. The third kappa shape index (κ3) is 5.17. The van der Waals surface area contributed by atoms with E-state index in [1.807, 2.05) is 30.3 Å². The molecule has 0 saturated carbocycles. The Hall–Kier alpha value is -2.65. The molecule has 26 heavy (non-hydrogen) atoms. The van der Waals surface area contributed by atoms with Gasteiger partial charge in [-0.05, 0) is 17.7 Å². The van der Waals surface area contributed by atoms with Crippen LogP contribution >= 0.6 is 11.3 Å². The first-order valence-corrected chi connectivity index (χ1v) is 8.28. The largest absolute Gasteiger partial charge is 0.573 e. The molecule has 1 aromatic heterocycles. The lowest BCUT2D eigenvalue weighted by molar-refractivity contribution is -0.274. The molecule has 2 aromatic carbocycles. The van der Waals surface area contributed by atoms with Gasteiger partial charge in [0.2, 0.25) is 0 Å². The van der Waals surface area contributed by atoms with E-state index in [-0.39, 0.29) is 17.5 Å². The minimum absolute atomic E-state index is 0.159. The zero-order valence-corrected chi connectivity index (χ0v) is 14.1. The number of aromatic nitrogens is 1. The summed E-state index contributed by atoms with van der Waals surface area (Å²) in [6.07, 6.45) is -4.76. The monoisotopic (exact) mass is 382 g/mol. The standard InChI is InChI=1S/C17H13F3N2O3S/c18-17(19,20)25-12-6-7-13-14(8-12)26-16(21-13)22-15(23)10-24-9-11-4-2-1-3-5-11/h1-8H,9-10H2,(H,21,22,23). The van der Waals surface area contributed by atoms with Crippen molar-refractivity contribution < 1.29 is 27.4 Å². The second-order valence-electron chi connectivity index (χ2n) is 5.22. The van der Waals surface area contributed by atoms with Crippen LogP contribution in [0.4, 0.5) is 18.3 Å². The van der Waals surface area contributed by atoms with E-state index >= 15 is 0 Å². The molecule has 1 heterocycles. The summed E-state index contributed by atoms with van der Waals surface area (Å²) in [5, 5.41) is 2.84. The highest BCUT2D eigenvalue weighted by Gasteiger charge is 2.31. The SMILES string of the molecule is O=C(COCc1ccccc1)Nc1nc2ccc(OC(F)(F)F)cc2s1. The van der Waals surface area contributed by atoms with Crippen LogP contribution in [0, 0.1) is 0 Å². The van der Waals surface area contributed by atoms with Gasteiger partial charge in [0.05, 0.1) is 16.8 Å². The number of halogens is 3. The number of anilines is 1. The van der Waals surface area contributed by atoms with Crippen LogP contribution in [0.5, 0.6) is 5.75 Å². The lowest BCUT2D eigenvalue weighted by atomic mass is 10.2. The smallest absolute Gasteiger partial charge is 0.406 e. The Morgan fingerprint density at radius 1 is 1.15 bits per heavy atom. The Bertz CT molecular complexity index is 897. The van der Waals surface area contributed by atoms with Crippen LogP contribution in [0.1, 0.15) is 5.56 Å². The van der Waals surface area contributed by atoms with Crippen molar-refractivity contribution in [2.24, 2.45) is 0 Å². The molecular formula is C17H13F3N2O3S. The van der Waals surface area contributed by atoms with Crippen LogP contribution in [-0.2, 0) is 16.1 Å². The molecule has 0 aliphatic rings. The van der Waals surface area contributed by atoms with Gasteiger partial charge in [-0.1, -0.05) is 41.7 Å². The maximum absolute atomic E-state index is 12.3. The molecule has 136 valence electrons. The fourth-order valence-corrected chi connectivity index (χ4v) is 3.06. The van der Waals surface area contributed by atoms with Gasteiger partial charge in [0.15, 0.2) is 5.13 Å². The predicted octanol–water partition coefficient (Wildman–Crippen LogP) is 4.35. The lowest BCUT2D eigenvalue weighted by Gasteiger charge is -2.07. The molecule has 0 aliphatic carbocycles. The number of hydrogen-bond donors (Lipinski definition) is 1. The van der Waals surface area contributed by atoms with Crippen LogP contribution in [0.15, 0.2) is 48.5 Å². The molecule has 0 bridgehead atoms. The summed E-state index contributed by atoms with van der Waals surface area (Å²) in [7, 11) is 0. The molecule has 0 radical (unpaired) electrons. The van der Waals surface area contributed by atoms with Gasteiger partial charge in [-0.3, -0.25) is 10.1 Å². The third-order valence-corrected chi connectivity index (χ3v) is 4.12. The van der Waals surface area contributed by atoms with Gasteiger partial charge in [0.1, 0.15) is 12.4 Å². The van der Waals surface area contributed by atoms with Crippen LogP contribution in [0.2, 0.25) is 0 Å². The van der Waals surface area contributed by atoms with Gasteiger partial charge in [-0.25, -0.2) is 4.98 Å². The van der Waals surface area contributed by atoms with E-state index in [1.165, 1.54) is 18.2 Å². The molecule has 1 amide bonds. The molecule has 3 aromatic rings. The van der Waals surface area contributed by atoms with Crippen molar-refractivity contribution in [3.05, 3.63) is 54.1 Å². The number of nitrogens with zero attached hydrogens (tertiary/aromatic N) is 1. The van der Waals surface area contributed by atoms with Crippen molar-refractivity contribution in [1.29, 1.82) is 0 Å². The number of hydrogen-bond acceptors (Lipinski definition) is 5. The van der Waals surface area contributed by atoms with E-state index in [0.717, 1.165) is 16.9 Å². The first kappa shape index (κ1) is 18.2. The summed E-state index contributed by atoms with van der Waals surface area (Å²) < 4.78 is 46.4. The summed E-state index contributed by atoms with van der Waals surface area (Å²) in [6, 6.07) is 13.2. The zero-order chi connectivity index (χ0) is 18.6. The van der Waals surface area contributed by atoms with Crippen molar-refractivity contribution in [3.63, 3.8) is 0 Å². The molecule has 9 heteroatoms. The van der Waals surface area contributed by atoms with Gasteiger partial charge in [0, 0.05) is 6.07 Å². The Balaban J connectivity index is 1.57. The van der Waals surface area contributed by atoms with Crippen molar-refractivity contribution in [3.8, 4) is 5.75 Å². The second kappa shape index (κ2) is 7.71. The minimum Gasteiger partial charge on any atom is -0.406 e. The molecule has 0 spiro atoms. The molecule has 5 nitrogen and oxygen atoms in total. The van der Waals surface area contributed by atoms with E-state index in [2.05, 4.69) is 15.0 Å². The molecule has 3 rings (SSSR count). The molecule has 0 unspecified atom stereocenters. The molecule has 0 fully saturated rings. The van der Waals surface area contributed by atoms with Crippen molar-refractivity contribution in [2.45, 2.75) is 13.0 Å². The summed E-state index contributed by atoms with van der Waals surface area (Å²) in [5.41, 5.74) is 1.41. The Kier molecular flexibility index (Phi) is 5.38. The molecule has 0 saturated heterocycles. The average Bonchev–Trinajstić information content (AvgIpc) is 2.95. The highest BCUT2D eigenvalue weighted by atomic mass is 32.1. The van der Waals surface area contributed by atoms with E-state index in [0.29, 0.717) is 16.8 Å². The third-order valence-electron chi connectivity index (χ3n) is 3.18. The highest BCUT2D eigenvalue weighted by Crippen LogP contribution is 2.31. The number of nitrogens with one attached hydrogen (secondary N) is 1. The number of benzene rings is 2. The first-order valence-electron chi connectivity index (χ1n) is 7.47. The molecule has 1 N–H and O–H groups in total. The van der Waals surface area contributed by atoms with Crippen LogP contribution in [0.3, 0.4) is 0 Å². The molecular weight excluding hydrogens is 369 g/mol. The number of alkyl halides is 3. The van der Waals surface area contributed by atoms with E-state index < -0.39 is 12.3 Å². The van der Waals surface area contributed by atoms with Gasteiger partial charge in [-0.15, -0.1) is 13.2 Å². The number of ether oxygens (including phenoxy) is 2. The van der Waals surface area contributed by atoms with Crippen LogP contribution < -0.4 is 10.1 Å². The van der Waals surface area contributed by atoms with Crippen LogP contribution in [-0.4, -0.2) is 23.9 Å². The number of carbonyl (C=O) groups is 1. The summed E-state index contributed by atoms with van der Waals surface area (Å²) in [4.78, 5) is 16.0. The van der Waals surface area contributed by atoms with E-state index in [4.69, 9.17) is 4.74 Å². The van der Waals surface area contributed by atoms with Crippen molar-refractivity contribution in [1.82, 2.24) is 4.98 Å². The van der Waals surface area contributed by atoms with E-state index in [1.54, 1.807) is 0 Å². The Morgan fingerprint density at radius 2 is 1.92 bits per heavy atom. The first-order chi connectivity index (χ1) is 12.4. The van der Waals surface area contributed by atoms with Gasteiger partial charge in [-0.2, -0.15) is 0 Å². The highest BCUT2D eigenvalue weighted by molar-refractivity contribution is 7.22. The maximum Gasteiger partial charge on any atom is 0.573 e. The van der Waals surface area contributed by atoms with Crippen molar-refractivity contribution in [2.75, 3.05) is 11.9 Å². The predicted molar refractivity (Wildman–Crippen MR) is 91.0 cm³/mol. The summed E-state index contributed by atoms with van der Waals surface area (Å²) in [6.45, 7) is 0.138. The normalized spacial score (nSPS) is 11.5. The van der Waals surface area contributed by atoms with Crippen molar-refractivity contribution >= 4 is 32.6 Å². The Morgan fingerprint density at radius 3 is 2.65 bits per heavy atom. The number of fused-ring (bicyclic) bond motifs is 1. The van der Waals surface area contributed by atoms with E-state index in [9.17, 15) is 18.0 Å². The Labute approximate surface area is 150 Å². The number of carbonyl (C=O) groups excluding carboxylic acids is 1. The molecule has 0 atom stereocenters. The molecule has 0 aliphatic heterocycles. The number of rotatable bonds is 6. The summed E-state index contributed by atoms with van der Waals surface area (Å²) in [5.74, 6) is -0.732. The lowest BCUT2D eigenvalue weighted by Crippen LogP contribution is -2.18.